The lowest BCUT2D eigenvalue weighted by atomic mass is 10.0. The Morgan fingerprint density at radius 1 is 1.06 bits per heavy atom. The molecule has 1 aromatic heterocycles. The molecule has 0 atom stereocenters. The quantitative estimate of drug-likeness (QED) is 0.479. The van der Waals surface area contributed by atoms with Crippen LogP contribution in [0.25, 0.3) is 11.0 Å². The van der Waals surface area contributed by atoms with Gasteiger partial charge in [0.1, 0.15) is 5.58 Å². The number of hydrogen-bond acceptors (Lipinski definition) is 5. The Balaban J connectivity index is 1.39. The van der Waals surface area contributed by atoms with E-state index in [1.807, 2.05) is 36.0 Å². The number of rotatable bonds is 6. The molecular formula is C25H28N2O4S2. The molecule has 1 saturated carbocycles. The molecule has 0 spiro atoms. The first-order valence-corrected chi connectivity index (χ1v) is 14.2. The lowest BCUT2D eigenvalue weighted by molar-refractivity contribution is 0.0998. The van der Waals surface area contributed by atoms with Gasteiger partial charge in [0.15, 0.2) is 5.76 Å². The zero-order valence-electron chi connectivity index (χ0n) is 18.5. The van der Waals surface area contributed by atoms with Crippen LogP contribution in [-0.4, -0.2) is 31.9 Å². The average molecular weight is 485 g/mol. The topological polar surface area (TPSA) is 79.6 Å². The van der Waals surface area contributed by atoms with Gasteiger partial charge in [-0.2, -0.15) is 11.8 Å². The van der Waals surface area contributed by atoms with Crippen LogP contribution in [0.15, 0.2) is 52.9 Å². The van der Waals surface area contributed by atoms with Crippen molar-refractivity contribution < 1.29 is 17.6 Å². The van der Waals surface area contributed by atoms with Gasteiger partial charge >= 0.3 is 0 Å². The van der Waals surface area contributed by atoms with Gasteiger partial charge in [-0.15, -0.1) is 0 Å². The van der Waals surface area contributed by atoms with Gasteiger partial charge < -0.3 is 9.73 Å². The fraction of sp³-hybridized carbons (Fsp3) is 0.400. The van der Waals surface area contributed by atoms with Gasteiger partial charge in [-0.1, -0.05) is 43.5 Å². The van der Waals surface area contributed by atoms with E-state index >= 15 is 0 Å². The first-order chi connectivity index (χ1) is 16.0. The van der Waals surface area contributed by atoms with E-state index in [0.29, 0.717) is 40.9 Å². The van der Waals surface area contributed by atoms with Crippen LogP contribution in [0, 0.1) is 0 Å². The number of para-hydroxylation sites is 1. The molecule has 0 radical (unpaired) electrons. The number of thioether (sulfide) groups is 1. The van der Waals surface area contributed by atoms with Gasteiger partial charge in [-0.25, -0.2) is 8.42 Å². The summed E-state index contributed by atoms with van der Waals surface area (Å²) < 4.78 is 32.0. The number of anilines is 2. The summed E-state index contributed by atoms with van der Waals surface area (Å²) >= 11 is 1.91. The molecule has 1 saturated heterocycles. The second-order valence-electron chi connectivity index (χ2n) is 8.72. The summed E-state index contributed by atoms with van der Waals surface area (Å²) in [4.78, 5) is 13.3. The molecule has 5 rings (SSSR count). The van der Waals surface area contributed by atoms with Crippen LogP contribution in [-0.2, 0) is 15.8 Å². The summed E-state index contributed by atoms with van der Waals surface area (Å²) in [6, 6.07) is 14.8. The third-order valence-electron chi connectivity index (χ3n) is 6.41. The number of carbonyl (C=O) groups is 1. The van der Waals surface area contributed by atoms with Gasteiger partial charge in [0.05, 0.1) is 11.4 Å². The molecule has 1 N–H and O–H groups in total. The lowest BCUT2D eigenvalue weighted by Gasteiger charge is -2.21. The molecule has 1 aliphatic heterocycles. The molecule has 2 fully saturated rings. The van der Waals surface area contributed by atoms with Crippen molar-refractivity contribution in [1.82, 2.24) is 0 Å². The van der Waals surface area contributed by atoms with Gasteiger partial charge in [0.2, 0.25) is 10.0 Å². The largest absolute Gasteiger partial charge is 0.451 e. The van der Waals surface area contributed by atoms with E-state index in [9.17, 15) is 13.2 Å². The first kappa shape index (κ1) is 22.3. The fourth-order valence-corrected chi connectivity index (χ4v) is 7.63. The molecule has 33 heavy (non-hydrogen) atoms. The van der Waals surface area contributed by atoms with Crippen LogP contribution in [0.3, 0.4) is 0 Å². The molecule has 6 nitrogen and oxygen atoms in total. The predicted octanol–water partition coefficient (Wildman–Crippen LogP) is 5.79. The maximum Gasteiger partial charge on any atom is 0.291 e. The van der Waals surface area contributed by atoms with Gasteiger partial charge in [0.25, 0.3) is 5.91 Å². The highest BCUT2D eigenvalue weighted by Gasteiger charge is 2.29. The van der Waals surface area contributed by atoms with Crippen molar-refractivity contribution in [3.63, 3.8) is 0 Å². The number of fused-ring (bicyclic) bond motifs is 1. The van der Waals surface area contributed by atoms with Crippen LogP contribution in [0.4, 0.5) is 11.4 Å². The SMILES string of the molecule is O=C(Nc1cccc(N2CCCS2(=O)=O)c1)c1oc2ccccc2c1CSC1CCCCC1. The second-order valence-corrected chi connectivity index (χ2v) is 12.0. The van der Waals surface area contributed by atoms with Crippen molar-refractivity contribution in [2.45, 2.75) is 49.5 Å². The number of nitrogens with one attached hydrogen (secondary N) is 1. The van der Waals surface area contributed by atoms with Crippen molar-refractivity contribution in [2.24, 2.45) is 0 Å². The lowest BCUT2D eigenvalue weighted by Crippen LogP contribution is -2.25. The number of amides is 1. The molecule has 2 aliphatic rings. The maximum atomic E-state index is 13.3. The Bertz CT molecular complexity index is 1260. The zero-order chi connectivity index (χ0) is 22.8. The van der Waals surface area contributed by atoms with E-state index in [4.69, 9.17) is 4.42 Å². The van der Waals surface area contributed by atoms with E-state index in [-0.39, 0.29) is 11.7 Å². The summed E-state index contributed by atoms with van der Waals surface area (Å²) in [5.74, 6) is 0.909. The van der Waals surface area contributed by atoms with Crippen LogP contribution >= 0.6 is 11.8 Å². The Morgan fingerprint density at radius 2 is 1.88 bits per heavy atom. The molecule has 3 aromatic rings. The number of carbonyl (C=O) groups excluding carboxylic acids is 1. The first-order valence-electron chi connectivity index (χ1n) is 11.5. The highest BCUT2D eigenvalue weighted by atomic mass is 32.2. The van der Waals surface area contributed by atoms with E-state index in [1.165, 1.54) is 36.4 Å². The molecule has 8 heteroatoms. The van der Waals surface area contributed by atoms with Crippen LogP contribution < -0.4 is 9.62 Å². The van der Waals surface area contributed by atoms with Crippen LogP contribution in [0.5, 0.6) is 0 Å². The molecule has 0 unspecified atom stereocenters. The number of nitrogens with zero attached hydrogens (tertiary/aromatic N) is 1. The Kier molecular flexibility index (Phi) is 6.38. The molecule has 1 aliphatic carbocycles. The third kappa shape index (κ3) is 4.77. The van der Waals surface area contributed by atoms with E-state index in [1.54, 1.807) is 24.3 Å². The zero-order valence-corrected chi connectivity index (χ0v) is 20.1. The molecule has 174 valence electrons. The molecule has 0 bridgehead atoms. The second kappa shape index (κ2) is 9.43. The van der Waals surface area contributed by atoms with E-state index in [2.05, 4.69) is 5.32 Å². The highest BCUT2D eigenvalue weighted by Crippen LogP contribution is 2.35. The normalized spacial score (nSPS) is 18.6. The van der Waals surface area contributed by atoms with Crippen molar-refractivity contribution in [3.8, 4) is 0 Å². The highest BCUT2D eigenvalue weighted by molar-refractivity contribution is 7.99. The Hall–Kier alpha value is -2.45. The summed E-state index contributed by atoms with van der Waals surface area (Å²) in [5.41, 5.74) is 2.75. The fourth-order valence-electron chi connectivity index (χ4n) is 4.71. The summed E-state index contributed by atoms with van der Waals surface area (Å²) in [6.45, 7) is 0.464. The maximum absolute atomic E-state index is 13.3. The standard InChI is InChI=1S/C25H28N2O4S2/c28-25(26-18-8-6-9-19(16-18)27-14-7-15-33(27,29)30)24-22(17-32-20-10-2-1-3-11-20)21-12-4-5-13-23(21)31-24/h4-6,8-9,12-13,16,20H,1-3,7,10-11,14-15,17H2,(H,26,28). The summed E-state index contributed by atoms with van der Waals surface area (Å²) in [6.07, 6.45) is 6.94. The summed E-state index contributed by atoms with van der Waals surface area (Å²) in [7, 11) is -3.28. The van der Waals surface area contributed by atoms with Crippen molar-refractivity contribution in [2.75, 3.05) is 21.9 Å². The monoisotopic (exact) mass is 484 g/mol. The number of hydrogen-bond donors (Lipinski definition) is 1. The molecule has 2 heterocycles. The van der Waals surface area contributed by atoms with Gasteiger partial charge in [-0.05, 0) is 43.5 Å². The number of sulfonamides is 1. The predicted molar refractivity (Wildman–Crippen MR) is 135 cm³/mol. The van der Waals surface area contributed by atoms with Crippen LogP contribution in [0.1, 0.15) is 54.6 Å². The minimum atomic E-state index is -3.28. The van der Waals surface area contributed by atoms with Crippen molar-refractivity contribution >= 4 is 50.0 Å². The van der Waals surface area contributed by atoms with E-state index < -0.39 is 10.0 Å². The van der Waals surface area contributed by atoms with Crippen molar-refractivity contribution in [3.05, 3.63) is 59.9 Å². The Morgan fingerprint density at radius 3 is 2.67 bits per heavy atom. The number of benzene rings is 2. The molecular weight excluding hydrogens is 456 g/mol. The molecule has 2 aromatic carbocycles. The van der Waals surface area contributed by atoms with Gasteiger partial charge in [-0.3, -0.25) is 9.10 Å². The Labute approximate surface area is 198 Å². The number of furan rings is 1. The molecule has 1 amide bonds. The van der Waals surface area contributed by atoms with E-state index in [0.717, 1.165) is 16.7 Å². The van der Waals surface area contributed by atoms with Crippen LogP contribution in [0.2, 0.25) is 0 Å². The minimum Gasteiger partial charge on any atom is -0.451 e. The summed E-state index contributed by atoms with van der Waals surface area (Å²) in [5, 5.41) is 4.53. The van der Waals surface area contributed by atoms with Gasteiger partial charge in [0, 0.05) is 34.2 Å². The third-order valence-corrected chi connectivity index (χ3v) is 9.68. The minimum absolute atomic E-state index is 0.157. The average Bonchev–Trinajstić information content (AvgIpc) is 3.38. The van der Waals surface area contributed by atoms with Crippen molar-refractivity contribution in [1.29, 1.82) is 0 Å². The smallest absolute Gasteiger partial charge is 0.291 e.